The number of carbonyl (C=O) groups excluding carboxylic acids is 1. The molecule has 0 spiro atoms. The van der Waals surface area contributed by atoms with Gasteiger partial charge in [-0.1, -0.05) is 19.3 Å². The monoisotopic (exact) mass is 267 g/mol. The van der Waals surface area contributed by atoms with Gasteiger partial charge in [-0.3, -0.25) is 4.79 Å². The van der Waals surface area contributed by atoms with Crippen molar-refractivity contribution < 1.29 is 14.7 Å². The Bertz CT molecular complexity index is 365. The van der Waals surface area contributed by atoms with Gasteiger partial charge in [0.25, 0.3) is 0 Å². The van der Waals surface area contributed by atoms with E-state index in [2.05, 4.69) is 5.32 Å². The van der Waals surface area contributed by atoms with Gasteiger partial charge in [0.2, 0.25) is 0 Å². The van der Waals surface area contributed by atoms with Gasteiger partial charge in [0.1, 0.15) is 0 Å². The van der Waals surface area contributed by atoms with Gasteiger partial charge >= 0.3 is 12.0 Å². The van der Waals surface area contributed by atoms with Crippen LogP contribution in [0.4, 0.5) is 4.79 Å². The molecule has 106 valence electrons. The van der Waals surface area contributed by atoms with Gasteiger partial charge in [-0.05, 0) is 12.8 Å². The molecule has 2 atom stereocenters. The third-order valence-electron chi connectivity index (χ3n) is 3.55. The zero-order valence-electron chi connectivity index (χ0n) is 11.3. The fourth-order valence-corrected chi connectivity index (χ4v) is 2.36. The number of carboxylic acid groups (broad SMARTS) is 1. The normalized spacial score (nSPS) is 22.9. The fraction of sp³-hybridized carbons (Fsp3) is 0.769. The number of amides is 2. The van der Waals surface area contributed by atoms with Crippen molar-refractivity contribution in [2.24, 2.45) is 5.92 Å². The smallest absolute Gasteiger partial charge is 0.317 e. The van der Waals surface area contributed by atoms with Crippen molar-refractivity contribution in [1.29, 1.82) is 5.26 Å². The highest BCUT2D eigenvalue weighted by Crippen LogP contribution is 2.23. The number of hydrogen-bond acceptors (Lipinski definition) is 3. The molecular formula is C13H21N3O3. The second-order valence-electron chi connectivity index (χ2n) is 4.97. The second-order valence-corrected chi connectivity index (χ2v) is 4.97. The number of carbonyl (C=O) groups is 2. The van der Waals surface area contributed by atoms with Crippen LogP contribution in [0.3, 0.4) is 0 Å². The van der Waals surface area contributed by atoms with Crippen LogP contribution in [0, 0.1) is 17.2 Å². The molecule has 1 rings (SSSR count). The van der Waals surface area contributed by atoms with Gasteiger partial charge in [-0.2, -0.15) is 5.26 Å². The minimum absolute atomic E-state index is 0.275. The second kappa shape index (κ2) is 7.62. The number of nitriles is 1. The van der Waals surface area contributed by atoms with Crippen molar-refractivity contribution >= 4 is 12.0 Å². The zero-order chi connectivity index (χ0) is 14.3. The van der Waals surface area contributed by atoms with Crippen molar-refractivity contribution in [2.75, 3.05) is 13.6 Å². The molecule has 19 heavy (non-hydrogen) atoms. The van der Waals surface area contributed by atoms with Gasteiger partial charge in [0, 0.05) is 19.6 Å². The number of nitrogens with one attached hydrogen (secondary N) is 1. The first kappa shape index (κ1) is 15.3. The Kier molecular flexibility index (Phi) is 6.13. The number of nitrogens with zero attached hydrogens (tertiary/aromatic N) is 2. The minimum atomic E-state index is -0.841. The Morgan fingerprint density at radius 3 is 2.68 bits per heavy atom. The van der Waals surface area contributed by atoms with Crippen molar-refractivity contribution in [2.45, 2.75) is 44.6 Å². The molecule has 6 nitrogen and oxygen atoms in total. The van der Waals surface area contributed by atoms with Crippen LogP contribution < -0.4 is 5.32 Å². The summed E-state index contributed by atoms with van der Waals surface area (Å²) in [6.07, 6.45) is 4.44. The maximum absolute atomic E-state index is 11.9. The van der Waals surface area contributed by atoms with E-state index in [1.165, 1.54) is 4.90 Å². The molecule has 0 aromatic rings. The standard InChI is InChI=1S/C13H21N3O3/c1-16(9-5-8-14)13(19)15-11-7-4-2-3-6-10(11)12(17)18/h10-11H,2-7,9H2,1H3,(H,15,19)(H,17,18). The third kappa shape index (κ3) is 4.78. The summed E-state index contributed by atoms with van der Waals surface area (Å²) in [6, 6.07) is 1.37. The Morgan fingerprint density at radius 2 is 2.05 bits per heavy atom. The van der Waals surface area contributed by atoms with Crippen molar-refractivity contribution in [3.8, 4) is 6.07 Å². The Labute approximate surface area is 113 Å². The molecule has 0 radical (unpaired) electrons. The van der Waals surface area contributed by atoms with Crippen molar-refractivity contribution in [3.63, 3.8) is 0 Å². The van der Waals surface area contributed by atoms with Gasteiger partial charge in [0.05, 0.1) is 18.4 Å². The predicted octanol–water partition coefficient (Wildman–Crippen LogP) is 1.57. The SMILES string of the molecule is CN(CCC#N)C(=O)NC1CCCCCC1C(=O)O. The topological polar surface area (TPSA) is 93.4 Å². The Balaban J connectivity index is 2.58. The average molecular weight is 267 g/mol. The molecule has 2 unspecified atom stereocenters. The summed E-state index contributed by atoms with van der Waals surface area (Å²) in [7, 11) is 1.61. The summed E-state index contributed by atoms with van der Waals surface area (Å²) in [5.41, 5.74) is 0. The molecule has 0 bridgehead atoms. The van der Waals surface area contributed by atoms with E-state index in [0.717, 1.165) is 19.3 Å². The summed E-state index contributed by atoms with van der Waals surface area (Å²) in [5, 5.41) is 20.5. The summed E-state index contributed by atoms with van der Waals surface area (Å²) >= 11 is 0. The molecule has 1 fully saturated rings. The van der Waals surface area contributed by atoms with E-state index in [1.807, 2.05) is 6.07 Å². The van der Waals surface area contributed by atoms with Crippen LogP contribution in [0.25, 0.3) is 0 Å². The summed E-state index contributed by atoms with van der Waals surface area (Å²) in [6.45, 7) is 0.354. The summed E-state index contributed by atoms with van der Waals surface area (Å²) < 4.78 is 0. The molecule has 2 amide bonds. The van der Waals surface area contributed by atoms with E-state index < -0.39 is 11.9 Å². The van der Waals surface area contributed by atoms with E-state index in [1.54, 1.807) is 7.05 Å². The lowest BCUT2D eigenvalue weighted by Gasteiger charge is -2.26. The third-order valence-corrected chi connectivity index (χ3v) is 3.55. The molecule has 0 aromatic carbocycles. The highest BCUT2D eigenvalue weighted by atomic mass is 16.4. The predicted molar refractivity (Wildman–Crippen MR) is 69.4 cm³/mol. The molecule has 1 aliphatic carbocycles. The van der Waals surface area contributed by atoms with Crippen LogP contribution >= 0.6 is 0 Å². The van der Waals surface area contributed by atoms with Gasteiger partial charge in [-0.15, -0.1) is 0 Å². The maximum Gasteiger partial charge on any atom is 0.317 e. The largest absolute Gasteiger partial charge is 0.481 e. The van der Waals surface area contributed by atoms with Gasteiger partial charge in [-0.25, -0.2) is 4.79 Å². The molecule has 1 saturated carbocycles. The van der Waals surface area contributed by atoms with Crippen LogP contribution in [-0.4, -0.2) is 41.6 Å². The molecule has 6 heteroatoms. The maximum atomic E-state index is 11.9. The van der Waals surface area contributed by atoms with E-state index in [9.17, 15) is 14.7 Å². The highest BCUT2D eigenvalue weighted by molar-refractivity contribution is 5.76. The van der Waals surface area contributed by atoms with E-state index in [0.29, 0.717) is 19.4 Å². The fourth-order valence-electron chi connectivity index (χ4n) is 2.36. The number of aliphatic carboxylic acids is 1. The van der Waals surface area contributed by atoms with Crippen LogP contribution in [0.15, 0.2) is 0 Å². The molecule has 0 aromatic heterocycles. The van der Waals surface area contributed by atoms with Crippen LogP contribution in [0.1, 0.15) is 38.5 Å². The van der Waals surface area contributed by atoms with Crippen LogP contribution in [0.5, 0.6) is 0 Å². The first-order chi connectivity index (χ1) is 9.06. The lowest BCUT2D eigenvalue weighted by molar-refractivity contribution is -0.142. The van der Waals surface area contributed by atoms with Gasteiger partial charge < -0.3 is 15.3 Å². The van der Waals surface area contributed by atoms with Crippen molar-refractivity contribution in [3.05, 3.63) is 0 Å². The molecular weight excluding hydrogens is 246 g/mol. The molecule has 0 heterocycles. The van der Waals surface area contributed by atoms with Crippen LogP contribution in [-0.2, 0) is 4.79 Å². The average Bonchev–Trinajstić information content (AvgIpc) is 2.61. The number of hydrogen-bond donors (Lipinski definition) is 2. The first-order valence-corrected chi connectivity index (χ1v) is 6.67. The van der Waals surface area contributed by atoms with E-state index >= 15 is 0 Å². The molecule has 0 saturated heterocycles. The van der Waals surface area contributed by atoms with Gasteiger partial charge in [0.15, 0.2) is 0 Å². The number of urea groups is 1. The van der Waals surface area contributed by atoms with Crippen molar-refractivity contribution in [1.82, 2.24) is 10.2 Å². The van der Waals surface area contributed by atoms with E-state index in [-0.39, 0.29) is 18.5 Å². The molecule has 2 N–H and O–H groups in total. The Morgan fingerprint density at radius 1 is 1.37 bits per heavy atom. The quantitative estimate of drug-likeness (QED) is 0.756. The molecule has 0 aliphatic heterocycles. The lowest BCUT2D eigenvalue weighted by Crippen LogP contribution is -2.47. The Hall–Kier alpha value is -1.77. The summed E-state index contributed by atoms with van der Waals surface area (Å²) in [4.78, 5) is 24.6. The lowest BCUT2D eigenvalue weighted by atomic mass is 9.95. The summed E-state index contributed by atoms with van der Waals surface area (Å²) in [5.74, 6) is -1.34. The highest BCUT2D eigenvalue weighted by Gasteiger charge is 2.31. The minimum Gasteiger partial charge on any atom is -0.481 e. The number of carboxylic acids is 1. The zero-order valence-corrected chi connectivity index (χ0v) is 11.3. The molecule has 1 aliphatic rings. The van der Waals surface area contributed by atoms with Crippen LogP contribution in [0.2, 0.25) is 0 Å². The van der Waals surface area contributed by atoms with E-state index in [4.69, 9.17) is 5.26 Å². The first-order valence-electron chi connectivity index (χ1n) is 6.67. The number of rotatable bonds is 4.